The van der Waals surface area contributed by atoms with E-state index in [1.54, 1.807) is 13.0 Å². The first kappa shape index (κ1) is 11.1. The molecule has 0 saturated carbocycles. The van der Waals surface area contributed by atoms with Gasteiger partial charge in [-0.3, -0.25) is 4.79 Å². The second-order valence-electron chi connectivity index (χ2n) is 3.26. The van der Waals surface area contributed by atoms with Gasteiger partial charge in [0, 0.05) is 9.64 Å². The molecule has 2 rings (SSSR count). The van der Waals surface area contributed by atoms with Crippen molar-refractivity contribution >= 4 is 34.2 Å². The Bertz CT molecular complexity index is 522. The molecule has 1 amide bonds. The molecule has 0 saturated heterocycles. The Kier molecular flexibility index (Phi) is 3.23. The van der Waals surface area contributed by atoms with Gasteiger partial charge in [0.1, 0.15) is 5.76 Å². The third-order valence-electron chi connectivity index (χ3n) is 1.98. The van der Waals surface area contributed by atoms with Gasteiger partial charge in [-0.15, -0.1) is 0 Å². The Morgan fingerprint density at radius 1 is 1.44 bits per heavy atom. The smallest absolute Gasteiger partial charge is 0.277 e. The predicted molar refractivity (Wildman–Crippen MR) is 68.4 cm³/mol. The summed E-state index contributed by atoms with van der Waals surface area (Å²) in [5.74, 6) is 0.355. The first-order valence-corrected chi connectivity index (χ1v) is 5.74. The van der Waals surface area contributed by atoms with Crippen molar-refractivity contribution in [3.8, 4) is 0 Å². The van der Waals surface area contributed by atoms with Gasteiger partial charge < -0.3 is 9.84 Å². The molecule has 0 aliphatic heterocycles. The van der Waals surface area contributed by atoms with Crippen LogP contribution in [0.15, 0.2) is 34.9 Å². The van der Waals surface area contributed by atoms with Crippen molar-refractivity contribution < 1.29 is 9.32 Å². The summed E-state index contributed by atoms with van der Waals surface area (Å²) in [6.45, 7) is 1.75. The van der Waals surface area contributed by atoms with Gasteiger partial charge in [-0.25, -0.2) is 0 Å². The summed E-state index contributed by atoms with van der Waals surface area (Å²) >= 11 is 2.16. The fourth-order valence-electron chi connectivity index (χ4n) is 1.22. The molecule has 0 atom stereocenters. The molecule has 16 heavy (non-hydrogen) atoms. The highest BCUT2D eigenvalue weighted by atomic mass is 127. The fourth-order valence-corrected chi connectivity index (χ4v) is 1.74. The van der Waals surface area contributed by atoms with E-state index < -0.39 is 0 Å². The molecule has 4 nitrogen and oxygen atoms in total. The third kappa shape index (κ3) is 2.41. The Hall–Kier alpha value is -1.37. The molecule has 2 aromatic rings. The van der Waals surface area contributed by atoms with Crippen LogP contribution in [0.25, 0.3) is 0 Å². The van der Waals surface area contributed by atoms with Crippen LogP contribution in [0.3, 0.4) is 0 Å². The lowest BCUT2D eigenvalue weighted by molar-refractivity contribution is 0.101. The molecule has 0 spiro atoms. The van der Waals surface area contributed by atoms with Gasteiger partial charge >= 0.3 is 0 Å². The summed E-state index contributed by atoms with van der Waals surface area (Å²) in [5, 5.41) is 6.42. The predicted octanol–water partition coefficient (Wildman–Crippen LogP) is 2.84. The number of anilines is 1. The summed E-state index contributed by atoms with van der Waals surface area (Å²) in [5.41, 5.74) is 1.06. The van der Waals surface area contributed by atoms with Crippen molar-refractivity contribution in [3.05, 3.63) is 45.4 Å². The van der Waals surface area contributed by atoms with Gasteiger partial charge in [0.05, 0.1) is 5.69 Å². The maximum atomic E-state index is 11.7. The van der Waals surface area contributed by atoms with Crippen LogP contribution in [-0.2, 0) is 0 Å². The van der Waals surface area contributed by atoms with Crippen LogP contribution in [0.5, 0.6) is 0 Å². The number of nitrogens with zero attached hydrogens (tertiary/aromatic N) is 1. The third-order valence-corrected chi connectivity index (χ3v) is 2.92. The van der Waals surface area contributed by atoms with Crippen molar-refractivity contribution in [2.45, 2.75) is 6.92 Å². The first-order valence-electron chi connectivity index (χ1n) is 4.66. The van der Waals surface area contributed by atoms with Crippen molar-refractivity contribution in [1.82, 2.24) is 5.16 Å². The van der Waals surface area contributed by atoms with E-state index in [1.807, 2.05) is 24.3 Å². The van der Waals surface area contributed by atoms with Crippen LogP contribution in [0.2, 0.25) is 0 Å². The molecule has 1 aromatic carbocycles. The highest BCUT2D eigenvalue weighted by molar-refractivity contribution is 14.1. The monoisotopic (exact) mass is 328 g/mol. The topological polar surface area (TPSA) is 55.1 Å². The van der Waals surface area contributed by atoms with Crippen LogP contribution in [0.1, 0.15) is 16.2 Å². The van der Waals surface area contributed by atoms with E-state index >= 15 is 0 Å². The van der Waals surface area contributed by atoms with Crippen molar-refractivity contribution in [2.75, 3.05) is 5.32 Å². The second-order valence-corrected chi connectivity index (χ2v) is 4.42. The molecule has 5 heteroatoms. The lowest BCUT2D eigenvalue weighted by atomic mass is 10.3. The number of carbonyl (C=O) groups is 1. The molecule has 0 fully saturated rings. The highest BCUT2D eigenvalue weighted by Gasteiger charge is 2.11. The molecule has 1 heterocycles. The lowest BCUT2D eigenvalue weighted by Crippen LogP contribution is -2.12. The zero-order valence-electron chi connectivity index (χ0n) is 8.53. The van der Waals surface area contributed by atoms with E-state index in [9.17, 15) is 4.79 Å². The van der Waals surface area contributed by atoms with Crippen LogP contribution >= 0.6 is 22.6 Å². The number of benzene rings is 1. The zero-order chi connectivity index (χ0) is 11.5. The number of nitrogens with one attached hydrogen (secondary N) is 1. The summed E-state index contributed by atoms with van der Waals surface area (Å²) in [7, 11) is 0. The number of hydrogen-bond donors (Lipinski definition) is 1. The number of hydrogen-bond acceptors (Lipinski definition) is 3. The molecule has 0 radical (unpaired) electrons. The standard InChI is InChI=1S/C11H9IN2O2/c1-7-6-10(14-16-7)11(15)13-9-5-3-2-4-8(9)12/h2-6H,1H3,(H,13,15). The van der Waals surface area contributed by atoms with Crippen LogP contribution in [0.4, 0.5) is 5.69 Å². The lowest BCUT2D eigenvalue weighted by Gasteiger charge is -2.04. The Balaban J connectivity index is 2.17. The average molecular weight is 328 g/mol. The van der Waals surface area contributed by atoms with Crippen molar-refractivity contribution in [3.63, 3.8) is 0 Å². The largest absolute Gasteiger partial charge is 0.361 e. The summed E-state index contributed by atoms with van der Waals surface area (Å²) in [4.78, 5) is 11.7. The Morgan fingerprint density at radius 2 is 2.19 bits per heavy atom. The number of amides is 1. The number of halogens is 1. The van der Waals surface area contributed by atoms with E-state index in [4.69, 9.17) is 4.52 Å². The van der Waals surface area contributed by atoms with E-state index in [0.29, 0.717) is 5.76 Å². The fraction of sp³-hybridized carbons (Fsp3) is 0.0909. The van der Waals surface area contributed by atoms with Crippen molar-refractivity contribution in [2.24, 2.45) is 0 Å². The van der Waals surface area contributed by atoms with Crippen LogP contribution in [-0.4, -0.2) is 11.1 Å². The van der Waals surface area contributed by atoms with Gasteiger partial charge in [-0.2, -0.15) is 0 Å². The van der Waals surface area contributed by atoms with E-state index in [2.05, 4.69) is 33.1 Å². The zero-order valence-corrected chi connectivity index (χ0v) is 10.7. The normalized spacial score (nSPS) is 10.1. The van der Waals surface area contributed by atoms with Gasteiger partial charge in [0.25, 0.3) is 5.91 Å². The number of aryl methyl sites for hydroxylation is 1. The molecule has 1 N–H and O–H groups in total. The summed E-state index contributed by atoms with van der Waals surface area (Å²) in [6.07, 6.45) is 0. The minimum atomic E-state index is -0.263. The maximum absolute atomic E-state index is 11.7. The highest BCUT2D eigenvalue weighted by Crippen LogP contribution is 2.17. The Labute approximate surface area is 106 Å². The molecule has 1 aromatic heterocycles. The average Bonchev–Trinajstić information content (AvgIpc) is 2.68. The molecule has 0 aliphatic carbocycles. The molecule has 0 unspecified atom stereocenters. The van der Waals surface area contributed by atoms with Gasteiger partial charge in [0.2, 0.25) is 0 Å². The molecule has 0 bridgehead atoms. The van der Waals surface area contributed by atoms with E-state index in [1.165, 1.54) is 0 Å². The summed E-state index contributed by atoms with van der Waals surface area (Å²) in [6, 6.07) is 9.14. The minimum absolute atomic E-state index is 0.263. The number of aromatic nitrogens is 1. The van der Waals surface area contributed by atoms with Gasteiger partial charge in [0.15, 0.2) is 5.69 Å². The first-order chi connectivity index (χ1) is 7.66. The van der Waals surface area contributed by atoms with Crippen LogP contribution < -0.4 is 5.32 Å². The Morgan fingerprint density at radius 3 is 2.81 bits per heavy atom. The molecular weight excluding hydrogens is 319 g/mol. The van der Waals surface area contributed by atoms with Gasteiger partial charge in [-0.1, -0.05) is 17.3 Å². The van der Waals surface area contributed by atoms with E-state index in [-0.39, 0.29) is 11.6 Å². The van der Waals surface area contributed by atoms with Gasteiger partial charge in [-0.05, 0) is 41.6 Å². The molecule has 0 aliphatic rings. The minimum Gasteiger partial charge on any atom is -0.361 e. The molecule has 82 valence electrons. The number of rotatable bonds is 2. The molecular formula is C11H9IN2O2. The second kappa shape index (κ2) is 4.65. The van der Waals surface area contributed by atoms with E-state index in [0.717, 1.165) is 9.26 Å². The number of carbonyl (C=O) groups excluding carboxylic acids is 1. The quantitative estimate of drug-likeness (QED) is 0.863. The SMILES string of the molecule is Cc1cc(C(=O)Nc2ccccc2I)no1. The summed E-state index contributed by atoms with van der Waals surface area (Å²) < 4.78 is 5.82. The maximum Gasteiger partial charge on any atom is 0.277 e. The van der Waals surface area contributed by atoms with Crippen molar-refractivity contribution in [1.29, 1.82) is 0 Å². The van der Waals surface area contributed by atoms with Crippen LogP contribution in [0, 0.1) is 10.5 Å². The number of para-hydroxylation sites is 1.